The van der Waals surface area contributed by atoms with E-state index < -0.39 is 231 Å². The number of hydrogen-bond donors (Lipinski definition) is 7. The molecule has 3 aromatic carbocycles. The fraction of sp³-hybridized carbons (Fsp3) is 0.622. The molecule has 1 aliphatic heterocycles. The number of aliphatic hydroxyl groups excluding tert-OH is 2. The average molecular weight is 1630 g/mol. The summed E-state index contributed by atoms with van der Waals surface area (Å²) in [5.41, 5.74) is -10.6. The van der Waals surface area contributed by atoms with Crippen LogP contribution in [-0.2, 0) is 90.9 Å². The van der Waals surface area contributed by atoms with Crippen molar-refractivity contribution in [2.24, 2.45) is 0 Å². The number of hydrogen-bond acceptors (Lipinski definition) is 22. The maximum Gasteiger partial charge on any atom is 0.308 e. The van der Waals surface area contributed by atoms with Gasteiger partial charge in [0.1, 0.15) is 34.5 Å². The average Bonchev–Trinajstić information content (AvgIpc) is 0.809. The fourth-order valence-corrected chi connectivity index (χ4v) is 9.95. The van der Waals surface area contributed by atoms with Gasteiger partial charge >= 0.3 is 29.8 Å². The minimum atomic E-state index is -2.28. The van der Waals surface area contributed by atoms with Crippen LogP contribution in [0.25, 0.3) is 0 Å². The molecule has 111 heavy (non-hydrogen) atoms. The zero-order valence-electron chi connectivity index (χ0n) is 63.7. The lowest BCUT2D eigenvalue weighted by molar-refractivity contribution is -0.161. The molecule has 0 saturated carbocycles. The Morgan fingerprint density at radius 2 is 0.631 bits per heavy atom. The molecule has 3 aromatic rings. The smallest absolute Gasteiger partial charge is 0.308 e. The van der Waals surface area contributed by atoms with Gasteiger partial charge in [-0.1, -0.05) is 13.8 Å². The highest BCUT2D eigenvalue weighted by atomic mass is 19.2. The summed E-state index contributed by atoms with van der Waals surface area (Å²) in [6.45, 7) is 17.2. The second-order valence-electron chi connectivity index (χ2n) is 27.6. The molecule has 0 bridgehead atoms. The number of carbonyl (C=O) groups excluding carboxylic acids is 10. The zero-order chi connectivity index (χ0) is 86.5. The highest BCUT2D eigenvalue weighted by Gasteiger charge is 2.35. The van der Waals surface area contributed by atoms with Crippen LogP contribution in [0.2, 0.25) is 0 Å². The van der Waals surface area contributed by atoms with E-state index in [0.717, 1.165) is 19.8 Å². The van der Waals surface area contributed by atoms with E-state index in [-0.39, 0.29) is 101 Å². The van der Waals surface area contributed by atoms with Gasteiger partial charge in [-0.25, -0.2) is 65.9 Å². The van der Waals surface area contributed by atoms with E-state index in [1.54, 1.807) is 20.8 Å². The first-order valence-electron chi connectivity index (χ1n) is 34.6. The molecular weight excluding hydrogens is 1530 g/mol. The molecule has 632 valence electrons. The summed E-state index contributed by atoms with van der Waals surface area (Å²) >= 11 is 0. The number of benzene rings is 3. The standard InChI is InChI=1S/C18H19F5O5.C16H17F5O4.C14H15F5O3.C11H20O4.C9H18O3.C6H10O3/c1-9(24)27-7-6-18(3,28-10(2)25)8-11(26)4-5-12-13(19)15(21)17(23)16(22)14(12)20;1-8(22)25-6-5-16(2,24)7-9(23)3-4-10-11(17)13(19)15(21)14(20)12(10)18;1-14(22,4-5-20)6-7(21)2-3-8-9(15)11(17)13(19)12(18)10(8)16;1-4-5-10(13)8-11(3,14)6-7-15-9(2)12;1-3-4-8(11)7-9(2,12)5-6-10;1-6(8)2-3-9-5(7)4-6/h4-8H2,1-3H3;24H,3-7H2,1-2H3;20,22H,2-6H2,1H3;14H,4-8H2,1-3H3;10,12H,3-7H2,1-2H3;8H,2-4H2,1H3. The summed E-state index contributed by atoms with van der Waals surface area (Å²) in [4.78, 5) is 112. The molecule has 6 atom stereocenters. The highest BCUT2D eigenvalue weighted by Crippen LogP contribution is 2.30. The van der Waals surface area contributed by atoms with E-state index in [1.165, 1.54) is 41.5 Å². The molecule has 1 heterocycles. The van der Waals surface area contributed by atoms with Crippen LogP contribution in [0.1, 0.15) is 222 Å². The number of halogens is 15. The van der Waals surface area contributed by atoms with E-state index in [2.05, 4.69) is 9.47 Å². The third-order valence-corrected chi connectivity index (χ3v) is 15.8. The van der Waals surface area contributed by atoms with Crippen molar-refractivity contribution >= 4 is 58.8 Å². The van der Waals surface area contributed by atoms with Crippen LogP contribution < -0.4 is 0 Å². The second-order valence-corrected chi connectivity index (χ2v) is 27.6. The SMILES string of the molecule is CC(=O)OCCC(C)(CC(=O)CCc1c(F)c(F)c(F)c(F)c1F)OC(C)=O.CC(=O)OCCC(C)(O)CC(=O)CCc1c(F)c(F)c(F)c(F)c1F.CC(O)(CCO)CC(=O)CCc1c(F)c(F)c(F)c(F)c1F.CC1(O)CCOC(=O)C1.CCCC(=O)CC(C)(O)CCO.CCCC(=O)CC(C)(O)CCOC(C)=O. The van der Waals surface area contributed by atoms with Gasteiger partial charge in [-0.3, -0.25) is 47.9 Å². The first-order chi connectivity index (χ1) is 50.9. The monoisotopic (exact) mass is 1620 g/mol. The Balaban J connectivity index is 0. The normalized spacial score (nSPS) is 15.6. The number of carbonyl (C=O) groups is 10. The van der Waals surface area contributed by atoms with Crippen molar-refractivity contribution in [2.45, 2.75) is 258 Å². The van der Waals surface area contributed by atoms with Crippen LogP contribution in [0.15, 0.2) is 0 Å². The van der Waals surface area contributed by atoms with Crippen LogP contribution in [-0.4, -0.2) is 168 Å². The fourth-order valence-electron chi connectivity index (χ4n) is 9.95. The Morgan fingerprint density at radius 1 is 0.387 bits per heavy atom. The molecule has 0 amide bonds. The highest BCUT2D eigenvalue weighted by molar-refractivity contribution is 5.82. The number of Topliss-reactive ketones (excluding diaryl/α,β-unsaturated/α-hetero) is 5. The quantitative estimate of drug-likeness (QED) is 0.00927. The Kier molecular flexibility index (Phi) is 46.9. The van der Waals surface area contributed by atoms with Crippen molar-refractivity contribution in [1.29, 1.82) is 0 Å². The summed E-state index contributed by atoms with van der Waals surface area (Å²) in [6, 6.07) is 0. The number of aliphatic hydroxyl groups is 7. The maximum atomic E-state index is 13.7. The van der Waals surface area contributed by atoms with Gasteiger partial charge in [-0.2, -0.15) is 0 Å². The number of esters is 5. The molecule has 6 unspecified atom stereocenters. The molecule has 22 nitrogen and oxygen atoms in total. The molecule has 37 heteroatoms. The molecule has 1 fully saturated rings. The third-order valence-electron chi connectivity index (χ3n) is 15.8. The Labute approximate surface area is 631 Å². The molecular formula is C74H99F15O22. The van der Waals surface area contributed by atoms with Crippen LogP contribution in [0.3, 0.4) is 0 Å². The van der Waals surface area contributed by atoms with E-state index in [0.29, 0.717) is 32.3 Å². The lowest BCUT2D eigenvalue weighted by Crippen LogP contribution is -2.35. The largest absolute Gasteiger partial charge is 0.466 e. The minimum Gasteiger partial charge on any atom is -0.466 e. The Bertz CT molecular complexity index is 3530. The summed E-state index contributed by atoms with van der Waals surface area (Å²) in [5.74, 6) is -35.5. The minimum absolute atomic E-state index is 0.0274. The third kappa shape index (κ3) is 41.9. The molecule has 4 rings (SSSR count). The van der Waals surface area contributed by atoms with Crippen LogP contribution >= 0.6 is 0 Å². The van der Waals surface area contributed by atoms with Gasteiger partial charge in [-0.15, -0.1) is 0 Å². The lowest BCUT2D eigenvalue weighted by Gasteiger charge is -2.28. The first kappa shape index (κ1) is 105. The van der Waals surface area contributed by atoms with Crippen molar-refractivity contribution in [3.8, 4) is 0 Å². The first-order valence-corrected chi connectivity index (χ1v) is 34.6. The van der Waals surface area contributed by atoms with Crippen LogP contribution in [0, 0.1) is 87.3 Å². The number of ether oxygens (including phenoxy) is 5. The van der Waals surface area contributed by atoms with Crippen molar-refractivity contribution in [3.63, 3.8) is 0 Å². The molecule has 0 radical (unpaired) electrons. The van der Waals surface area contributed by atoms with E-state index in [9.17, 15) is 139 Å². The van der Waals surface area contributed by atoms with Gasteiger partial charge in [0.2, 0.25) is 17.5 Å². The summed E-state index contributed by atoms with van der Waals surface area (Å²) in [7, 11) is 0. The lowest BCUT2D eigenvalue weighted by atomic mass is 9.92. The zero-order valence-corrected chi connectivity index (χ0v) is 63.7. The van der Waals surface area contributed by atoms with Gasteiger partial charge in [0.05, 0.1) is 60.9 Å². The topological polar surface area (TPSA) is 358 Å². The van der Waals surface area contributed by atoms with Gasteiger partial charge in [-0.05, 0) is 86.5 Å². The van der Waals surface area contributed by atoms with Crippen LogP contribution in [0.5, 0.6) is 0 Å². The Morgan fingerprint density at radius 3 is 0.856 bits per heavy atom. The van der Waals surface area contributed by atoms with E-state index >= 15 is 0 Å². The van der Waals surface area contributed by atoms with Gasteiger partial charge in [0.25, 0.3) is 0 Å². The number of cyclic esters (lactones) is 1. The molecule has 0 aliphatic carbocycles. The predicted molar refractivity (Wildman–Crippen MR) is 362 cm³/mol. The molecule has 0 spiro atoms. The maximum absolute atomic E-state index is 13.7. The van der Waals surface area contributed by atoms with Gasteiger partial charge < -0.3 is 59.4 Å². The molecule has 1 aliphatic rings. The number of rotatable bonds is 37. The summed E-state index contributed by atoms with van der Waals surface area (Å²) < 4.78 is 222. The van der Waals surface area contributed by atoms with Gasteiger partial charge in [0, 0.05) is 147 Å². The number of ketones is 5. The van der Waals surface area contributed by atoms with E-state index in [1.807, 2.05) is 13.8 Å². The van der Waals surface area contributed by atoms with Crippen molar-refractivity contribution in [1.82, 2.24) is 0 Å². The molecule has 7 N–H and O–H groups in total. The Hall–Kier alpha value is -7.97. The summed E-state index contributed by atoms with van der Waals surface area (Å²) in [6.07, 6.45) is -0.948. The van der Waals surface area contributed by atoms with E-state index in [4.69, 9.17) is 24.4 Å². The van der Waals surface area contributed by atoms with Gasteiger partial charge in [0.15, 0.2) is 69.8 Å². The molecule has 1 saturated heterocycles. The van der Waals surface area contributed by atoms with Crippen LogP contribution in [0.4, 0.5) is 65.9 Å². The second kappa shape index (κ2) is 49.5. The van der Waals surface area contributed by atoms with Crippen molar-refractivity contribution in [2.75, 3.05) is 39.6 Å². The van der Waals surface area contributed by atoms with Crippen molar-refractivity contribution in [3.05, 3.63) is 104 Å². The summed E-state index contributed by atoms with van der Waals surface area (Å²) in [5, 5.41) is 65.6. The predicted octanol–water partition coefficient (Wildman–Crippen LogP) is 11.3. The van der Waals surface area contributed by atoms with Crippen molar-refractivity contribution < 1.29 is 173 Å². The molecule has 0 aromatic heterocycles.